The monoisotopic (exact) mass is 354 g/mol. The zero-order valence-corrected chi connectivity index (χ0v) is 16.7. The minimum atomic E-state index is -1.48. The summed E-state index contributed by atoms with van der Waals surface area (Å²) >= 11 is 0. The average molecular weight is 355 g/mol. The largest absolute Gasteiger partial charge is 0.423 e. The summed E-state index contributed by atoms with van der Waals surface area (Å²) in [6, 6.07) is 18.7. The van der Waals surface area contributed by atoms with Gasteiger partial charge in [0.1, 0.15) is 0 Å². The third kappa shape index (κ3) is 5.94. The lowest BCUT2D eigenvalue weighted by Crippen LogP contribution is -2.42. The van der Waals surface area contributed by atoms with Crippen molar-refractivity contribution in [2.75, 3.05) is 27.2 Å². The molecule has 133 valence electrons. The Kier molecular flexibility index (Phi) is 7.59. The van der Waals surface area contributed by atoms with Gasteiger partial charge in [-0.05, 0) is 49.8 Å². The van der Waals surface area contributed by atoms with Crippen molar-refractivity contribution in [3.8, 4) is 0 Å². The Hall–Kier alpha value is -1.72. The molecular formula is C21H28NO2Si. The summed E-state index contributed by atoms with van der Waals surface area (Å²) in [4.78, 5) is 2.13. The van der Waals surface area contributed by atoms with Crippen LogP contribution < -0.4 is 5.19 Å². The van der Waals surface area contributed by atoms with E-state index >= 15 is 0 Å². The van der Waals surface area contributed by atoms with Crippen LogP contribution in [-0.2, 0) is 8.85 Å². The van der Waals surface area contributed by atoms with Gasteiger partial charge >= 0.3 is 9.28 Å². The number of hydrogen-bond acceptors (Lipinski definition) is 3. The zero-order chi connectivity index (χ0) is 18.2. The van der Waals surface area contributed by atoms with Crippen LogP contribution in [0.3, 0.4) is 0 Å². The molecule has 4 heteroatoms. The molecule has 0 aliphatic heterocycles. The van der Waals surface area contributed by atoms with Crippen LogP contribution in [0.5, 0.6) is 0 Å². The molecule has 0 N–H and O–H groups in total. The van der Waals surface area contributed by atoms with Gasteiger partial charge in [-0.1, -0.05) is 61.2 Å². The Morgan fingerprint density at radius 1 is 1.04 bits per heavy atom. The first-order valence-electron chi connectivity index (χ1n) is 8.67. The molecule has 2 aromatic rings. The Balaban J connectivity index is 2.11. The Labute approximate surface area is 153 Å². The standard InChI is InChI=1S/C21H28NO2Si/c1-6-23-25(24-17(2)16-22(4)5)21-14-12-20(13-15-21)18(3)19-10-8-7-9-11-19/h7-15,17H,3,6,16H2,1-2,4-5H3. The van der Waals surface area contributed by atoms with Gasteiger partial charge in [0.2, 0.25) is 0 Å². The van der Waals surface area contributed by atoms with Crippen LogP contribution in [0.1, 0.15) is 25.0 Å². The molecule has 25 heavy (non-hydrogen) atoms. The lowest BCUT2D eigenvalue weighted by molar-refractivity contribution is 0.134. The SMILES string of the molecule is C=C(c1ccccc1)c1ccc([Si](OCC)OC(C)CN(C)C)cc1. The van der Waals surface area contributed by atoms with Gasteiger partial charge in [0.25, 0.3) is 0 Å². The topological polar surface area (TPSA) is 21.7 Å². The van der Waals surface area contributed by atoms with Crippen LogP contribution in [0.15, 0.2) is 61.2 Å². The average Bonchev–Trinajstić information content (AvgIpc) is 2.61. The van der Waals surface area contributed by atoms with E-state index in [1.165, 1.54) is 0 Å². The van der Waals surface area contributed by atoms with Gasteiger partial charge in [0.05, 0.1) is 6.10 Å². The first-order chi connectivity index (χ1) is 12.0. The number of nitrogens with zero attached hydrogens (tertiary/aromatic N) is 1. The van der Waals surface area contributed by atoms with E-state index in [2.05, 4.69) is 68.9 Å². The molecule has 0 saturated heterocycles. The molecule has 0 aliphatic carbocycles. The molecule has 2 aromatic carbocycles. The van der Waals surface area contributed by atoms with Crippen LogP contribution >= 0.6 is 0 Å². The van der Waals surface area contributed by atoms with E-state index in [1.807, 2.05) is 25.1 Å². The highest BCUT2D eigenvalue weighted by molar-refractivity contribution is 6.61. The fourth-order valence-electron chi connectivity index (χ4n) is 2.66. The summed E-state index contributed by atoms with van der Waals surface area (Å²) in [5.41, 5.74) is 3.29. The van der Waals surface area contributed by atoms with Crippen molar-refractivity contribution in [3.05, 3.63) is 72.3 Å². The molecular weight excluding hydrogens is 326 g/mol. The van der Waals surface area contributed by atoms with E-state index in [0.717, 1.165) is 28.4 Å². The summed E-state index contributed by atoms with van der Waals surface area (Å²) in [5, 5.41) is 1.13. The van der Waals surface area contributed by atoms with Crippen LogP contribution in [0.4, 0.5) is 0 Å². The van der Waals surface area contributed by atoms with E-state index in [-0.39, 0.29) is 6.10 Å². The van der Waals surface area contributed by atoms with Crippen LogP contribution in [0.25, 0.3) is 5.57 Å². The summed E-state index contributed by atoms with van der Waals surface area (Å²) in [6.45, 7) is 9.86. The molecule has 2 rings (SSSR count). The van der Waals surface area contributed by atoms with Crippen molar-refractivity contribution in [3.63, 3.8) is 0 Å². The third-order valence-corrected chi connectivity index (χ3v) is 5.77. The van der Waals surface area contributed by atoms with Gasteiger partial charge in [-0.15, -0.1) is 0 Å². The van der Waals surface area contributed by atoms with Gasteiger partial charge in [-0.3, -0.25) is 0 Å². The normalized spacial score (nSPS) is 12.6. The smallest absolute Gasteiger partial charge is 0.390 e. The Bertz CT molecular complexity index is 655. The highest BCUT2D eigenvalue weighted by Gasteiger charge is 2.22. The maximum Gasteiger partial charge on any atom is 0.423 e. The van der Waals surface area contributed by atoms with E-state index in [0.29, 0.717) is 6.61 Å². The number of rotatable bonds is 9. The second kappa shape index (κ2) is 9.68. The first-order valence-corrected chi connectivity index (χ1v) is 9.99. The Morgan fingerprint density at radius 3 is 2.20 bits per heavy atom. The van der Waals surface area contributed by atoms with Crippen LogP contribution in [-0.4, -0.2) is 47.5 Å². The van der Waals surface area contributed by atoms with Gasteiger partial charge in [0, 0.05) is 13.2 Å². The van der Waals surface area contributed by atoms with Crippen molar-refractivity contribution in [2.45, 2.75) is 20.0 Å². The second-order valence-corrected chi connectivity index (χ2v) is 8.01. The van der Waals surface area contributed by atoms with E-state index in [4.69, 9.17) is 8.85 Å². The van der Waals surface area contributed by atoms with E-state index in [1.54, 1.807) is 0 Å². The van der Waals surface area contributed by atoms with E-state index < -0.39 is 9.28 Å². The van der Waals surface area contributed by atoms with Crippen molar-refractivity contribution in [1.29, 1.82) is 0 Å². The fourth-order valence-corrected chi connectivity index (χ4v) is 4.18. The first kappa shape index (κ1) is 19.6. The molecule has 0 fully saturated rings. The molecule has 0 amide bonds. The van der Waals surface area contributed by atoms with Crippen molar-refractivity contribution in [2.24, 2.45) is 0 Å². The fraction of sp³-hybridized carbons (Fsp3) is 0.333. The molecule has 0 spiro atoms. The molecule has 0 heterocycles. The quantitative estimate of drug-likeness (QED) is 0.644. The predicted molar refractivity (Wildman–Crippen MR) is 107 cm³/mol. The highest BCUT2D eigenvalue weighted by Crippen LogP contribution is 2.20. The summed E-state index contributed by atoms with van der Waals surface area (Å²) in [6.07, 6.45) is 0.134. The molecule has 0 saturated carbocycles. The van der Waals surface area contributed by atoms with Gasteiger partial charge in [-0.2, -0.15) is 0 Å². The molecule has 3 nitrogen and oxygen atoms in total. The Morgan fingerprint density at radius 2 is 1.64 bits per heavy atom. The molecule has 1 atom stereocenters. The number of hydrogen-bond donors (Lipinski definition) is 0. The van der Waals surface area contributed by atoms with Gasteiger partial charge in [-0.25, -0.2) is 0 Å². The lowest BCUT2D eigenvalue weighted by Gasteiger charge is -2.22. The molecule has 0 bridgehead atoms. The van der Waals surface area contributed by atoms with Crippen molar-refractivity contribution in [1.82, 2.24) is 4.90 Å². The minimum Gasteiger partial charge on any atom is -0.390 e. The molecule has 1 radical (unpaired) electrons. The second-order valence-electron chi connectivity index (χ2n) is 6.33. The molecule has 0 aliphatic rings. The number of benzene rings is 2. The number of likely N-dealkylation sites (N-methyl/N-ethyl adjacent to an activating group) is 1. The maximum absolute atomic E-state index is 6.19. The van der Waals surface area contributed by atoms with Crippen molar-refractivity contribution >= 4 is 20.0 Å². The molecule has 0 aromatic heterocycles. The maximum atomic E-state index is 6.19. The summed E-state index contributed by atoms with van der Waals surface area (Å²) < 4.78 is 12.1. The van der Waals surface area contributed by atoms with Crippen LogP contribution in [0.2, 0.25) is 0 Å². The molecule has 1 unspecified atom stereocenters. The van der Waals surface area contributed by atoms with Gasteiger partial charge < -0.3 is 13.8 Å². The third-order valence-electron chi connectivity index (χ3n) is 3.80. The van der Waals surface area contributed by atoms with Crippen molar-refractivity contribution < 1.29 is 8.85 Å². The summed E-state index contributed by atoms with van der Waals surface area (Å²) in [7, 11) is 2.63. The minimum absolute atomic E-state index is 0.134. The predicted octanol–water partition coefficient (Wildman–Crippen LogP) is 3.45. The zero-order valence-electron chi connectivity index (χ0n) is 15.7. The van der Waals surface area contributed by atoms with E-state index in [9.17, 15) is 0 Å². The lowest BCUT2D eigenvalue weighted by atomic mass is 10.00. The van der Waals surface area contributed by atoms with Crippen LogP contribution in [0, 0.1) is 0 Å². The van der Waals surface area contributed by atoms with Gasteiger partial charge in [0.15, 0.2) is 0 Å². The summed E-state index contributed by atoms with van der Waals surface area (Å²) in [5.74, 6) is 0. The highest BCUT2D eigenvalue weighted by atomic mass is 28.3.